The number of aromatic nitrogens is 3. The first-order valence-corrected chi connectivity index (χ1v) is 11.2. The first kappa shape index (κ1) is 19.9. The van der Waals surface area contributed by atoms with E-state index in [0.29, 0.717) is 18.0 Å². The molecule has 0 unspecified atom stereocenters. The Balaban J connectivity index is 1.62. The Kier molecular flexibility index (Phi) is 6.47. The number of para-hydroxylation sites is 1. The predicted octanol–water partition coefficient (Wildman–Crippen LogP) is 5.15. The molecule has 0 bridgehead atoms. The van der Waals surface area contributed by atoms with Gasteiger partial charge >= 0.3 is 0 Å². The molecular weight excluding hydrogens is 360 g/mol. The number of nitrogens with one attached hydrogen (secondary N) is 1. The first-order chi connectivity index (χ1) is 14.2. The summed E-state index contributed by atoms with van der Waals surface area (Å²) in [6.07, 6.45) is 12.8. The lowest BCUT2D eigenvalue weighted by Gasteiger charge is -2.34. The van der Waals surface area contributed by atoms with Crippen LogP contribution in [-0.4, -0.2) is 41.1 Å². The molecule has 1 N–H and O–H groups in total. The third kappa shape index (κ3) is 4.98. The van der Waals surface area contributed by atoms with Crippen molar-refractivity contribution in [3.63, 3.8) is 0 Å². The zero-order chi connectivity index (χ0) is 20.1. The van der Waals surface area contributed by atoms with Gasteiger partial charge in [-0.1, -0.05) is 56.7 Å². The van der Waals surface area contributed by atoms with Crippen LogP contribution in [0.15, 0.2) is 30.3 Å². The highest BCUT2D eigenvalue weighted by Gasteiger charge is 2.25. The average Bonchev–Trinajstić information content (AvgIpc) is 2.79. The molecule has 0 radical (unpaired) electrons. The molecule has 0 amide bonds. The molecule has 2 saturated carbocycles. The Bertz CT molecular complexity index is 726. The van der Waals surface area contributed by atoms with Crippen molar-refractivity contribution in [3.05, 3.63) is 30.3 Å². The summed E-state index contributed by atoms with van der Waals surface area (Å²) < 4.78 is 0. The fourth-order valence-electron chi connectivity index (χ4n) is 4.64. The van der Waals surface area contributed by atoms with Crippen molar-refractivity contribution in [2.75, 3.05) is 29.2 Å². The highest BCUT2D eigenvalue weighted by molar-refractivity contribution is 5.56. The first-order valence-electron chi connectivity index (χ1n) is 11.2. The molecule has 6 heteroatoms. The Morgan fingerprint density at radius 1 is 0.690 bits per heavy atom. The molecule has 0 spiro atoms. The fourth-order valence-corrected chi connectivity index (χ4v) is 4.64. The van der Waals surface area contributed by atoms with Gasteiger partial charge in [-0.25, -0.2) is 0 Å². The van der Waals surface area contributed by atoms with E-state index in [4.69, 9.17) is 15.0 Å². The molecule has 6 nitrogen and oxygen atoms in total. The van der Waals surface area contributed by atoms with Crippen LogP contribution in [0.2, 0.25) is 0 Å². The van der Waals surface area contributed by atoms with E-state index in [-0.39, 0.29) is 0 Å². The van der Waals surface area contributed by atoms with Gasteiger partial charge in [-0.05, 0) is 37.8 Å². The normalized spacial score (nSPS) is 18.4. The van der Waals surface area contributed by atoms with E-state index in [9.17, 15) is 0 Å². The van der Waals surface area contributed by atoms with Gasteiger partial charge in [0, 0.05) is 31.9 Å². The molecule has 2 fully saturated rings. The second kappa shape index (κ2) is 9.42. The van der Waals surface area contributed by atoms with Gasteiger partial charge in [0.05, 0.1) is 0 Å². The topological polar surface area (TPSA) is 57.2 Å². The van der Waals surface area contributed by atoms with Gasteiger partial charge in [-0.2, -0.15) is 15.0 Å². The second-order valence-electron chi connectivity index (χ2n) is 8.56. The van der Waals surface area contributed by atoms with Crippen molar-refractivity contribution in [2.45, 2.75) is 76.3 Å². The molecule has 1 aromatic carbocycles. The maximum Gasteiger partial charge on any atom is 0.233 e. The zero-order valence-electron chi connectivity index (χ0n) is 17.8. The summed E-state index contributed by atoms with van der Waals surface area (Å²) in [6.45, 7) is 0. The number of anilines is 4. The number of hydrogen-bond acceptors (Lipinski definition) is 6. The lowest BCUT2D eigenvalue weighted by molar-refractivity contribution is 0.419. The third-order valence-electron chi connectivity index (χ3n) is 6.52. The minimum atomic E-state index is 0.517. The van der Waals surface area contributed by atoms with E-state index in [2.05, 4.69) is 29.2 Å². The van der Waals surface area contributed by atoms with Crippen LogP contribution in [0.5, 0.6) is 0 Å². The molecule has 1 aromatic heterocycles. The van der Waals surface area contributed by atoms with Crippen molar-refractivity contribution in [1.29, 1.82) is 0 Å². The average molecular weight is 395 g/mol. The quantitative estimate of drug-likeness (QED) is 0.731. The lowest BCUT2D eigenvalue weighted by Crippen LogP contribution is -2.37. The monoisotopic (exact) mass is 394 g/mol. The second-order valence-corrected chi connectivity index (χ2v) is 8.56. The van der Waals surface area contributed by atoms with Crippen LogP contribution < -0.4 is 15.1 Å². The molecule has 29 heavy (non-hydrogen) atoms. The zero-order valence-corrected chi connectivity index (χ0v) is 17.8. The number of rotatable bonds is 6. The molecule has 4 rings (SSSR count). The summed E-state index contributed by atoms with van der Waals surface area (Å²) in [6, 6.07) is 11.2. The lowest BCUT2D eigenvalue weighted by atomic mass is 9.94. The summed E-state index contributed by atoms with van der Waals surface area (Å²) in [4.78, 5) is 19.1. The standard InChI is InChI=1S/C23H34N6/c1-28(19-14-8-4-9-15-19)22-25-21(24-18-12-6-3-7-13-18)26-23(27-22)29(2)20-16-10-5-11-17-20/h3,6-7,12-13,19-20H,4-5,8-11,14-17H2,1-2H3,(H,24,25,26,27). The van der Waals surface area contributed by atoms with Gasteiger partial charge in [0.15, 0.2) is 0 Å². The smallest absolute Gasteiger partial charge is 0.233 e. The third-order valence-corrected chi connectivity index (χ3v) is 6.52. The van der Waals surface area contributed by atoms with Gasteiger partial charge in [0.1, 0.15) is 0 Å². The highest BCUT2D eigenvalue weighted by Crippen LogP contribution is 2.28. The van der Waals surface area contributed by atoms with Gasteiger partial charge in [0.2, 0.25) is 17.8 Å². The predicted molar refractivity (Wildman–Crippen MR) is 120 cm³/mol. The largest absolute Gasteiger partial charge is 0.341 e. The number of nitrogens with zero attached hydrogens (tertiary/aromatic N) is 5. The summed E-state index contributed by atoms with van der Waals surface area (Å²) in [5, 5.41) is 3.38. The van der Waals surface area contributed by atoms with Crippen LogP contribution in [0.25, 0.3) is 0 Å². The highest BCUT2D eigenvalue weighted by atomic mass is 15.4. The van der Waals surface area contributed by atoms with E-state index in [1.807, 2.05) is 30.3 Å². The van der Waals surface area contributed by atoms with Crippen LogP contribution in [-0.2, 0) is 0 Å². The molecule has 2 aromatic rings. The summed E-state index contributed by atoms with van der Waals surface area (Å²) in [5.74, 6) is 2.19. The Morgan fingerprint density at radius 3 is 1.66 bits per heavy atom. The van der Waals surface area contributed by atoms with Crippen molar-refractivity contribution in [1.82, 2.24) is 15.0 Å². The number of hydrogen-bond donors (Lipinski definition) is 1. The van der Waals surface area contributed by atoms with Gasteiger partial charge in [-0.3, -0.25) is 0 Å². The SMILES string of the molecule is CN(c1nc(Nc2ccccc2)nc(N(C)C2CCCCC2)n1)C1CCCCC1. The Hall–Kier alpha value is -2.37. The van der Waals surface area contributed by atoms with E-state index in [0.717, 1.165) is 17.6 Å². The van der Waals surface area contributed by atoms with Gasteiger partial charge in [0.25, 0.3) is 0 Å². The molecule has 1 heterocycles. The summed E-state index contributed by atoms with van der Waals surface area (Å²) in [7, 11) is 4.28. The molecule has 0 aliphatic heterocycles. The molecule has 0 atom stereocenters. The van der Waals surface area contributed by atoms with E-state index in [1.165, 1.54) is 64.2 Å². The van der Waals surface area contributed by atoms with E-state index >= 15 is 0 Å². The number of benzene rings is 1. The summed E-state index contributed by atoms with van der Waals surface area (Å²) in [5.41, 5.74) is 0.997. The molecule has 156 valence electrons. The maximum atomic E-state index is 4.91. The van der Waals surface area contributed by atoms with Crippen molar-refractivity contribution in [2.24, 2.45) is 0 Å². The van der Waals surface area contributed by atoms with Crippen molar-refractivity contribution < 1.29 is 0 Å². The van der Waals surface area contributed by atoms with E-state index in [1.54, 1.807) is 0 Å². The van der Waals surface area contributed by atoms with Crippen LogP contribution in [0.4, 0.5) is 23.5 Å². The fraction of sp³-hybridized carbons (Fsp3) is 0.609. The van der Waals surface area contributed by atoms with Crippen LogP contribution in [0.3, 0.4) is 0 Å². The minimum absolute atomic E-state index is 0.517. The molecular formula is C23H34N6. The van der Waals surface area contributed by atoms with Crippen LogP contribution in [0.1, 0.15) is 64.2 Å². The van der Waals surface area contributed by atoms with Gasteiger partial charge in [-0.15, -0.1) is 0 Å². The molecule has 0 saturated heterocycles. The minimum Gasteiger partial charge on any atom is -0.341 e. The van der Waals surface area contributed by atoms with Gasteiger partial charge < -0.3 is 15.1 Å². The Morgan fingerprint density at radius 2 is 1.17 bits per heavy atom. The van der Waals surface area contributed by atoms with Crippen LogP contribution in [0, 0.1) is 0 Å². The van der Waals surface area contributed by atoms with Crippen molar-refractivity contribution in [3.8, 4) is 0 Å². The molecule has 2 aliphatic carbocycles. The van der Waals surface area contributed by atoms with Crippen molar-refractivity contribution >= 4 is 23.5 Å². The Labute approximate surface area is 174 Å². The maximum absolute atomic E-state index is 4.91. The molecule has 2 aliphatic rings. The summed E-state index contributed by atoms with van der Waals surface area (Å²) >= 11 is 0. The van der Waals surface area contributed by atoms with Crippen LogP contribution >= 0.6 is 0 Å². The van der Waals surface area contributed by atoms with E-state index < -0.39 is 0 Å².